The van der Waals surface area contributed by atoms with E-state index in [1.807, 2.05) is 4.98 Å². The molecular weight excluding hydrogens is 473 g/mol. The van der Waals surface area contributed by atoms with Gasteiger partial charge in [0.15, 0.2) is 6.23 Å². The molecule has 34 heavy (non-hydrogen) atoms. The molecule has 0 aliphatic carbocycles. The molecule has 1 saturated heterocycles. The number of carbonyl (C=O) groups is 1. The van der Waals surface area contributed by atoms with Crippen LogP contribution in [0, 0.1) is 0 Å². The molecule has 2 heterocycles. The van der Waals surface area contributed by atoms with Crippen LogP contribution in [-0.4, -0.2) is 63.3 Å². The highest BCUT2D eigenvalue weighted by molar-refractivity contribution is 7.52. The second-order valence-electron chi connectivity index (χ2n) is 7.64. The van der Waals surface area contributed by atoms with Crippen molar-refractivity contribution in [1.82, 2.24) is 14.6 Å². The Labute approximate surface area is 196 Å². The van der Waals surface area contributed by atoms with E-state index in [0.29, 0.717) is 4.57 Å². The number of ether oxygens (including phenoxy) is 2. The third kappa shape index (κ3) is 5.63. The van der Waals surface area contributed by atoms with Crippen molar-refractivity contribution in [2.45, 2.75) is 43.9 Å². The standard InChI is InChI=1S/C20H26N3O10P/c1-12(17(26)30-3)22-34(29,33-13-7-5-4-6-8-13)31-11-14-16(25)20(2,28)18(32-14)23-10-9-15(24)21-19(23)27/h4-10,12,14,16,18,25,28H,11H2,1-3H3,(H,22,29)(H,21,24,27)/t12?,14-,16-,18-,20-,34?/m1/s1/i9D,10D. The summed E-state index contributed by atoms with van der Waals surface area (Å²) in [4.78, 5) is 37.6. The molecule has 4 N–H and O–H groups in total. The minimum absolute atomic E-state index is 0.129. The largest absolute Gasteiger partial charge is 0.468 e. The molecule has 3 rings (SSSR count). The summed E-state index contributed by atoms with van der Waals surface area (Å²) in [6, 6.07) is 5.89. The highest BCUT2D eigenvalue weighted by atomic mass is 31.2. The number of benzene rings is 1. The number of carbonyl (C=O) groups excluding carboxylic acids is 1. The summed E-state index contributed by atoms with van der Waals surface area (Å²) >= 11 is 0. The fraction of sp³-hybridized carbons (Fsp3) is 0.450. The number of methoxy groups -OCH3 is 1. The van der Waals surface area contributed by atoms with Gasteiger partial charge in [-0.2, -0.15) is 5.09 Å². The van der Waals surface area contributed by atoms with Crippen molar-refractivity contribution in [3.8, 4) is 5.75 Å². The molecule has 1 aliphatic heterocycles. The van der Waals surface area contributed by atoms with E-state index in [9.17, 15) is 29.2 Å². The minimum atomic E-state index is -4.32. The van der Waals surface area contributed by atoms with Crippen molar-refractivity contribution in [2.75, 3.05) is 13.7 Å². The molecule has 14 heteroatoms. The smallest absolute Gasteiger partial charge is 0.459 e. The number of hydrogen-bond acceptors (Lipinski definition) is 10. The fourth-order valence-corrected chi connectivity index (χ4v) is 4.72. The van der Waals surface area contributed by atoms with Crippen LogP contribution in [0.15, 0.2) is 52.1 Å². The molecule has 2 unspecified atom stereocenters. The normalized spacial score (nSPS) is 27.9. The first-order valence-corrected chi connectivity index (χ1v) is 11.6. The van der Waals surface area contributed by atoms with Crippen molar-refractivity contribution >= 4 is 13.7 Å². The molecule has 6 atom stereocenters. The van der Waals surface area contributed by atoms with E-state index in [1.54, 1.807) is 18.2 Å². The van der Waals surface area contributed by atoms with Crippen LogP contribution in [0.3, 0.4) is 0 Å². The maximum atomic E-state index is 13.5. The molecule has 0 saturated carbocycles. The fourth-order valence-electron chi connectivity index (χ4n) is 3.22. The molecule has 1 aliphatic rings. The van der Waals surface area contributed by atoms with Crippen LogP contribution in [0.2, 0.25) is 0 Å². The highest BCUT2D eigenvalue weighted by Crippen LogP contribution is 2.46. The topological polar surface area (TPSA) is 178 Å². The van der Waals surface area contributed by atoms with Crippen LogP contribution in [0.25, 0.3) is 0 Å². The summed E-state index contributed by atoms with van der Waals surface area (Å²) in [6.07, 6.45) is -5.72. The predicted molar refractivity (Wildman–Crippen MR) is 117 cm³/mol. The molecule has 186 valence electrons. The van der Waals surface area contributed by atoms with Crippen molar-refractivity contribution in [1.29, 1.82) is 0 Å². The van der Waals surface area contributed by atoms with E-state index >= 15 is 0 Å². The molecule has 0 amide bonds. The van der Waals surface area contributed by atoms with Crippen molar-refractivity contribution in [3.05, 3.63) is 63.4 Å². The molecule has 0 bridgehead atoms. The summed E-state index contributed by atoms with van der Waals surface area (Å²) < 4.78 is 50.6. The number of esters is 1. The third-order valence-corrected chi connectivity index (χ3v) is 6.65. The SMILES string of the molecule is [2H]c1c([2H])n([C@@H]2O[C@H](COP(=O)(NC(C)C(=O)OC)Oc3ccccc3)[C@@H](O)[C@@]2(C)O)c(=O)[nH]c1=O. The van der Waals surface area contributed by atoms with Gasteiger partial charge in [-0.05, 0) is 26.0 Å². The Hall–Kier alpha value is -2.80. The first-order valence-electron chi connectivity index (χ1n) is 11.0. The highest BCUT2D eigenvalue weighted by Gasteiger charge is 2.54. The zero-order valence-electron chi connectivity index (χ0n) is 20.5. The number of nitrogens with one attached hydrogen (secondary N) is 2. The predicted octanol–water partition coefficient (Wildman–Crippen LogP) is -0.0993. The van der Waals surface area contributed by atoms with Crippen LogP contribution in [0.1, 0.15) is 22.8 Å². The van der Waals surface area contributed by atoms with Gasteiger partial charge in [0.25, 0.3) is 5.56 Å². The lowest BCUT2D eigenvalue weighted by Crippen LogP contribution is -2.47. The number of rotatable bonds is 9. The Morgan fingerprint density at radius 3 is 2.74 bits per heavy atom. The summed E-state index contributed by atoms with van der Waals surface area (Å²) in [6.45, 7) is 1.80. The van der Waals surface area contributed by atoms with Gasteiger partial charge in [0, 0.05) is 12.2 Å². The molecule has 1 aromatic carbocycles. The molecule has 2 aromatic rings. The lowest BCUT2D eigenvalue weighted by Gasteiger charge is -2.27. The van der Waals surface area contributed by atoms with Crippen LogP contribution in [0.4, 0.5) is 0 Å². The van der Waals surface area contributed by atoms with E-state index in [-0.39, 0.29) is 5.75 Å². The Kier molecular flexibility index (Phi) is 6.90. The number of hydrogen-bond donors (Lipinski definition) is 4. The zero-order valence-corrected chi connectivity index (χ0v) is 19.4. The first-order chi connectivity index (χ1) is 16.8. The quantitative estimate of drug-likeness (QED) is 0.266. The lowest BCUT2D eigenvalue weighted by atomic mass is 9.96. The van der Waals surface area contributed by atoms with Gasteiger partial charge in [-0.15, -0.1) is 0 Å². The van der Waals surface area contributed by atoms with Crippen LogP contribution in [-0.2, 0) is 23.4 Å². The van der Waals surface area contributed by atoms with Crippen LogP contribution < -0.4 is 20.9 Å². The minimum Gasteiger partial charge on any atom is -0.468 e. The van der Waals surface area contributed by atoms with Crippen molar-refractivity contribution in [2.24, 2.45) is 0 Å². The summed E-state index contributed by atoms with van der Waals surface area (Å²) in [5, 5.41) is 24.0. The summed E-state index contributed by atoms with van der Waals surface area (Å²) in [5.74, 6) is -0.632. The molecular formula is C20H26N3O10P. The van der Waals surface area contributed by atoms with E-state index in [0.717, 1.165) is 14.0 Å². The number of aromatic nitrogens is 2. The molecule has 13 nitrogen and oxygen atoms in total. The second kappa shape index (κ2) is 10.2. The van der Waals surface area contributed by atoms with Gasteiger partial charge in [0.1, 0.15) is 29.6 Å². The third-order valence-electron chi connectivity index (χ3n) is 5.00. The summed E-state index contributed by atoms with van der Waals surface area (Å²) in [7, 11) is -3.18. The Bertz CT molecular complexity index is 1270. The van der Waals surface area contributed by atoms with E-state index < -0.39 is 73.9 Å². The second-order valence-corrected chi connectivity index (χ2v) is 9.33. The van der Waals surface area contributed by atoms with Crippen molar-refractivity contribution in [3.63, 3.8) is 0 Å². The Morgan fingerprint density at radius 2 is 2.09 bits per heavy atom. The van der Waals surface area contributed by atoms with Crippen LogP contribution >= 0.6 is 7.75 Å². The first kappa shape index (κ1) is 23.0. The maximum Gasteiger partial charge on any atom is 0.459 e. The van der Waals surface area contributed by atoms with Gasteiger partial charge in [-0.25, -0.2) is 9.36 Å². The van der Waals surface area contributed by atoms with E-state index in [2.05, 4.69) is 9.82 Å². The van der Waals surface area contributed by atoms with Gasteiger partial charge < -0.3 is 24.2 Å². The zero-order chi connectivity index (χ0) is 26.8. The average molecular weight is 501 g/mol. The number of para-hydroxylation sites is 1. The van der Waals surface area contributed by atoms with E-state index in [1.165, 1.54) is 19.1 Å². The van der Waals surface area contributed by atoms with E-state index in [4.69, 9.17) is 16.5 Å². The maximum absolute atomic E-state index is 13.5. The van der Waals surface area contributed by atoms with Crippen LogP contribution in [0.5, 0.6) is 5.75 Å². The number of H-pyrrole nitrogens is 1. The van der Waals surface area contributed by atoms with Gasteiger partial charge in [0.05, 0.1) is 16.5 Å². The number of nitrogens with zero attached hydrogens (tertiary/aromatic N) is 1. The summed E-state index contributed by atoms with van der Waals surface area (Å²) in [5.41, 5.74) is -4.45. The average Bonchev–Trinajstić information content (AvgIpc) is 3.05. The molecule has 0 spiro atoms. The van der Waals surface area contributed by atoms with Gasteiger partial charge >= 0.3 is 19.4 Å². The lowest BCUT2D eigenvalue weighted by molar-refractivity contribution is -0.142. The molecule has 1 aromatic heterocycles. The van der Waals surface area contributed by atoms with Gasteiger partial charge in [-0.1, -0.05) is 18.2 Å². The molecule has 1 fully saturated rings. The monoisotopic (exact) mass is 501 g/mol. The Morgan fingerprint density at radius 1 is 1.41 bits per heavy atom. The van der Waals surface area contributed by atoms with Crippen molar-refractivity contribution < 1.29 is 40.8 Å². The number of aromatic amines is 1. The van der Waals surface area contributed by atoms with Gasteiger partial charge in [-0.3, -0.25) is 23.7 Å². The Balaban J connectivity index is 1.86. The molecule has 0 radical (unpaired) electrons. The number of aliphatic hydroxyl groups excluding tert-OH is 1. The number of aliphatic hydroxyl groups is 2. The van der Waals surface area contributed by atoms with Gasteiger partial charge in [0.2, 0.25) is 0 Å².